The van der Waals surface area contributed by atoms with Gasteiger partial charge >= 0.3 is 0 Å². The Morgan fingerprint density at radius 2 is 1.93 bits per heavy atom. The Bertz CT molecular complexity index is 361. The lowest BCUT2D eigenvalue weighted by Crippen LogP contribution is -2.16. The molecule has 0 N–H and O–H groups in total. The van der Waals surface area contributed by atoms with E-state index >= 15 is 0 Å². The number of rotatable bonds is 1. The van der Waals surface area contributed by atoms with Crippen molar-refractivity contribution in [2.24, 2.45) is 7.05 Å². The lowest BCUT2D eigenvalue weighted by Gasteiger charge is -2.22. The molecule has 1 aromatic heterocycles. The smallest absolute Gasteiger partial charge is 0.250 e. The monoisotopic (exact) mass is 191 g/mol. The maximum Gasteiger partial charge on any atom is 0.250 e. The third-order valence-electron chi connectivity index (χ3n) is 3.19. The van der Waals surface area contributed by atoms with Crippen LogP contribution in [0.5, 0.6) is 0 Å². The standard InChI is InChI=1S/C12H17NO/c1-13-9-11(7-8-12(13)14)10-5-3-2-4-6-10/h7-10H,2-6H2,1H3. The highest BCUT2D eigenvalue weighted by Gasteiger charge is 2.15. The summed E-state index contributed by atoms with van der Waals surface area (Å²) >= 11 is 0. The second kappa shape index (κ2) is 3.99. The summed E-state index contributed by atoms with van der Waals surface area (Å²) in [5.41, 5.74) is 1.43. The van der Waals surface area contributed by atoms with Crippen LogP contribution in [0.1, 0.15) is 43.6 Å². The Morgan fingerprint density at radius 3 is 2.57 bits per heavy atom. The highest BCUT2D eigenvalue weighted by Crippen LogP contribution is 2.31. The van der Waals surface area contributed by atoms with E-state index < -0.39 is 0 Å². The Kier molecular flexibility index (Phi) is 2.71. The molecular formula is C12H17NO. The predicted octanol–water partition coefficient (Wildman–Crippen LogP) is 2.43. The van der Waals surface area contributed by atoms with Gasteiger partial charge in [0.1, 0.15) is 0 Å². The zero-order valence-electron chi connectivity index (χ0n) is 8.70. The van der Waals surface area contributed by atoms with Crippen LogP contribution in [-0.4, -0.2) is 4.57 Å². The van der Waals surface area contributed by atoms with Crippen LogP contribution < -0.4 is 5.56 Å². The molecule has 2 nitrogen and oxygen atoms in total. The Labute approximate surface area is 84.6 Å². The van der Waals surface area contributed by atoms with E-state index in [1.54, 1.807) is 10.6 Å². The number of hydrogen-bond donors (Lipinski definition) is 0. The van der Waals surface area contributed by atoms with Crippen LogP contribution in [0.3, 0.4) is 0 Å². The van der Waals surface area contributed by atoms with E-state index in [4.69, 9.17) is 0 Å². The summed E-state index contributed by atoms with van der Waals surface area (Å²) in [4.78, 5) is 11.2. The van der Waals surface area contributed by atoms with Gasteiger partial charge in [0.05, 0.1) is 0 Å². The molecule has 0 aliphatic heterocycles. The van der Waals surface area contributed by atoms with Gasteiger partial charge in [0, 0.05) is 19.3 Å². The second-order valence-corrected chi connectivity index (χ2v) is 4.25. The SMILES string of the molecule is Cn1cc(C2CCCCC2)ccc1=O. The van der Waals surface area contributed by atoms with Gasteiger partial charge < -0.3 is 4.57 Å². The van der Waals surface area contributed by atoms with Crippen LogP contribution in [0, 0.1) is 0 Å². The van der Waals surface area contributed by atoms with Gasteiger partial charge in [-0.1, -0.05) is 25.3 Å². The molecule has 0 unspecified atom stereocenters. The summed E-state index contributed by atoms with van der Waals surface area (Å²) in [5, 5.41) is 0. The molecule has 0 aromatic carbocycles. The molecule has 0 radical (unpaired) electrons. The normalized spacial score (nSPS) is 18.4. The number of hydrogen-bond acceptors (Lipinski definition) is 1. The van der Waals surface area contributed by atoms with Gasteiger partial charge in [-0.15, -0.1) is 0 Å². The molecule has 2 rings (SSSR count). The fourth-order valence-electron chi connectivity index (χ4n) is 2.29. The average Bonchev–Trinajstić information content (AvgIpc) is 2.23. The first kappa shape index (κ1) is 9.50. The predicted molar refractivity (Wildman–Crippen MR) is 57.5 cm³/mol. The van der Waals surface area contributed by atoms with Crippen molar-refractivity contribution in [2.45, 2.75) is 38.0 Å². The molecule has 0 spiro atoms. The molecule has 1 aliphatic carbocycles. The van der Waals surface area contributed by atoms with Crippen molar-refractivity contribution in [3.05, 3.63) is 34.2 Å². The molecule has 0 bridgehead atoms. The van der Waals surface area contributed by atoms with Crippen molar-refractivity contribution in [1.29, 1.82) is 0 Å². The van der Waals surface area contributed by atoms with E-state index in [0.29, 0.717) is 5.92 Å². The van der Waals surface area contributed by atoms with Crippen LogP contribution in [-0.2, 0) is 7.05 Å². The maximum absolute atomic E-state index is 11.2. The third-order valence-corrected chi connectivity index (χ3v) is 3.19. The molecule has 1 saturated carbocycles. The van der Waals surface area contributed by atoms with E-state index in [1.807, 2.05) is 19.3 Å². The van der Waals surface area contributed by atoms with Crippen molar-refractivity contribution in [2.75, 3.05) is 0 Å². The number of pyridine rings is 1. The summed E-state index contributed by atoms with van der Waals surface area (Å²) in [6.45, 7) is 0. The third kappa shape index (κ3) is 1.89. The van der Waals surface area contributed by atoms with Gasteiger partial charge in [0.2, 0.25) is 5.56 Å². The second-order valence-electron chi connectivity index (χ2n) is 4.25. The van der Waals surface area contributed by atoms with E-state index in [2.05, 4.69) is 0 Å². The van der Waals surface area contributed by atoms with Gasteiger partial charge in [-0.05, 0) is 24.3 Å². The topological polar surface area (TPSA) is 22.0 Å². The van der Waals surface area contributed by atoms with Gasteiger partial charge in [-0.3, -0.25) is 4.79 Å². The van der Waals surface area contributed by atoms with E-state index in [1.165, 1.54) is 37.7 Å². The zero-order valence-corrected chi connectivity index (χ0v) is 8.70. The molecule has 0 atom stereocenters. The largest absolute Gasteiger partial charge is 0.318 e. The van der Waals surface area contributed by atoms with Crippen LogP contribution in [0.15, 0.2) is 23.1 Å². The summed E-state index contributed by atoms with van der Waals surface area (Å²) in [5.74, 6) is 0.690. The molecule has 76 valence electrons. The molecule has 14 heavy (non-hydrogen) atoms. The fraction of sp³-hybridized carbons (Fsp3) is 0.583. The average molecular weight is 191 g/mol. The van der Waals surface area contributed by atoms with Crippen LogP contribution in [0.4, 0.5) is 0 Å². The minimum Gasteiger partial charge on any atom is -0.318 e. The first-order chi connectivity index (χ1) is 6.77. The Morgan fingerprint density at radius 1 is 1.21 bits per heavy atom. The van der Waals surface area contributed by atoms with Crippen molar-refractivity contribution in [3.8, 4) is 0 Å². The van der Waals surface area contributed by atoms with Crippen LogP contribution in [0.2, 0.25) is 0 Å². The lowest BCUT2D eigenvalue weighted by molar-refractivity contribution is 0.441. The van der Waals surface area contributed by atoms with Gasteiger partial charge in [0.15, 0.2) is 0 Å². The molecule has 0 amide bonds. The molecular weight excluding hydrogens is 174 g/mol. The summed E-state index contributed by atoms with van der Waals surface area (Å²) in [6.07, 6.45) is 8.64. The van der Waals surface area contributed by atoms with Gasteiger partial charge in [-0.25, -0.2) is 0 Å². The summed E-state index contributed by atoms with van der Waals surface area (Å²) in [6, 6.07) is 3.68. The van der Waals surface area contributed by atoms with Crippen LogP contribution in [0.25, 0.3) is 0 Å². The molecule has 1 aliphatic rings. The lowest BCUT2D eigenvalue weighted by atomic mass is 9.85. The van der Waals surface area contributed by atoms with E-state index in [-0.39, 0.29) is 5.56 Å². The number of nitrogens with zero attached hydrogens (tertiary/aromatic N) is 1. The van der Waals surface area contributed by atoms with E-state index in [9.17, 15) is 4.79 Å². The highest BCUT2D eigenvalue weighted by atomic mass is 16.1. The van der Waals surface area contributed by atoms with Crippen LogP contribution >= 0.6 is 0 Å². The molecule has 2 heteroatoms. The fourth-order valence-corrected chi connectivity index (χ4v) is 2.29. The van der Waals surface area contributed by atoms with E-state index in [0.717, 1.165) is 0 Å². The quantitative estimate of drug-likeness (QED) is 0.668. The van der Waals surface area contributed by atoms with Crippen molar-refractivity contribution >= 4 is 0 Å². The molecule has 0 saturated heterocycles. The van der Waals surface area contributed by atoms with Gasteiger partial charge in [-0.2, -0.15) is 0 Å². The summed E-state index contributed by atoms with van der Waals surface area (Å²) in [7, 11) is 1.83. The zero-order chi connectivity index (χ0) is 9.97. The van der Waals surface area contributed by atoms with Crippen molar-refractivity contribution in [1.82, 2.24) is 4.57 Å². The first-order valence-electron chi connectivity index (χ1n) is 5.44. The minimum atomic E-state index is 0.0876. The maximum atomic E-state index is 11.2. The number of aryl methyl sites for hydroxylation is 1. The van der Waals surface area contributed by atoms with Crippen molar-refractivity contribution < 1.29 is 0 Å². The molecule has 1 heterocycles. The minimum absolute atomic E-state index is 0.0876. The van der Waals surface area contributed by atoms with Gasteiger partial charge in [0.25, 0.3) is 0 Å². The highest BCUT2D eigenvalue weighted by molar-refractivity contribution is 5.15. The first-order valence-corrected chi connectivity index (χ1v) is 5.44. The van der Waals surface area contributed by atoms with Crippen molar-refractivity contribution in [3.63, 3.8) is 0 Å². The molecule has 1 fully saturated rings. The Balaban J connectivity index is 2.22. The number of aromatic nitrogens is 1. The molecule has 1 aromatic rings. The summed E-state index contributed by atoms with van der Waals surface area (Å²) < 4.78 is 1.68. The Hall–Kier alpha value is -1.05.